The average Bonchev–Trinajstić information content (AvgIpc) is 2.47. The van der Waals surface area contributed by atoms with Crippen LogP contribution in [0.1, 0.15) is 23.2 Å². The van der Waals surface area contributed by atoms with Crippen LogP contribution in [0.15, 0.2) is 30.9 Å². The van der Waals surface area contributed by atoms with E-state index < -0.39 is 0 Å². The van der Waals surface area contributed by atoms with Crippen molar-refractivity contribution in [3.8, 4) is 5.75 Å². The normalized spacial score (nSPS) is 18.4. The molecule has 1 heterocycles. The maximum Gasteiger partial charge on any atom is 0.255 e. The third-order valence-electron chi connectivity index (χ3n) is 3.04. The number of carbonyl (C=O) groups is 1. The fraction of sp³-hybridized carbons (Fsp3) is 0.400. The molecule has 1 aromatic carbocycles. The van der Waals surface area contributed by atoms with Crippen molar-refractivity contribution in [3.63, 3.8) is 0 Å². The third-order valence-corrected chi connectivity index (χ3v) is 3.27. The minimum Gasteiger partial charge on any atom is -0.489 e. The molecule has 0 aliphatic carbocycles. The fourth-order valence-corrected chi connectivity index (χ4v) is 2.24. The van der Waals surface area contributed by atoms with Crippen LogP contribution in [0, 0.1) is 0 Å². The van der Waals surface area contributed by atoms with E-state index in [0.717, 1.165) is 19.4 Å². The van der Waals surface area contributed by atoms with Gasteiger partial charge in [0.1, 0.15) is 12.4 Å². The van der Waals surface area contributed by atoms with Gasteiger partial charge in [0, 0.05) is 11.6 Å². The summed E-state index contributed by atoms with van der Waals surface area (Å²) in [4.78, 5) is 12.3. The van der Waals surface area contributed by atoms with Crippen LogP contribution in [0.2, 0.25) is 5.02 Å². The highest BCUT2D eigenvalue weighted by molar-refractivity contribution is 6.31. The van der Waals surface area contributed by atoms with Gasteiger partial charge in [-0.15, -0.1) is 0 Å². The SMILES string of the molecule is C=CCOc1ccc(Cl)cc1C(=O)NC1CCCOC1. The van der Waals surface area contributed by atoms with Crippen molar-refractivity contribution in [2.75, 3.05) is 19.8 Å². The van der Waals surface area contributed by atoms with E-state index in [1.165, 1.54) is 0 Å². The number of rotatable bonds is 5. The third kappa shape index (κ3) is 3.99. The molecular formula is C15H18ClNO3. The summed E-state index contributed by atoms with van der Waals surface area (Å²) in [6, 6.07) is 5.04. The van der Waals surface area contributed by atoms with Gasteiger partial charge in [0.25, 0.3) is 5.91 Å². The molecule has 1 aliphatic heterocycles. The molecule has 0 bridgehead atoms. The van der Waals surface area contributed by atoms with Crippen LogP contribution < -0.4 is 10.1 Å². The second kappa shape index (κ2) is 7.31. The number of amides is 1. The maximum atomic E-state index is 12.3. The number of ether oxygens (including phenoxy) is 2. The van der Waals surface area contributed by atoms with Crippen LogP contribution in [-0.2, 0) is 4.74 Å². The first-order valence-electron chi connectivity index (χ1n) is 6.62. The first-order valence-corrected chi connectivity index (χ1v) is 7.00. The Morgan fingerprint density at radius 1 is 1.60 bits per heavy atom. The van der Waals surface area contributed by atoms with Crippen LogP contribution >= 0.6 is 11.6 Å². The molecule has 4 nitrogen and oxygen atoms in total. The second-order valence-electron chi connectivity index (χ2n) is 4.63. The molecule has 1 aliphatic rings. The Kier molecular flexibility index (Phi) is 5.44. The first kappa shape index (κ1) is 14.9. The van der Waals surface area contributed by atoms with Crippen molar-refractivity contribution in [2.24, 2.45) is 0 Å². The number of benzene rings is 1. The molecule has 2 rings (SSSR count). The van der Waals surface area contributed by atoms with Crippen molar-refractivity contribution in [1.82, 2.24) is 5.32 Å². The molecule has 108 valence electrons. The lowest BCUT2D eigenvalue weighted by atomic mass is 10.1. The minimum absolute atomic E-state index is 0.0440. The lowest BCUT2D eigenvalue weighted by Gasteiger charge is -2.23. The molecule has 0 aromatic heterocycles. The quantitative estimate of drug-likeness (QED) is 0.850. The first-order chi connectivity index (χ1) is 9.70. The predicted octanol–water partition coefficient (Wildman–Crippen LogP) is 2.81. The van der Waals surface area contributed by atoms with Crippen LogP contribution in [0.4, 0.5) is 0 Å². The Morgan fingerprint density at radius 3 is 3.15 bits per heavy atom. The summed E-state index contributed by atoms with van der Waals surface area (Å²) in [7, 11) is 0. The molecule has 1 amide bonds. The minimum atomic E-state index is -0.193. The van der Waals surface area contributed by atoms with Gasteiger partial charge in [-0.3, -0.25) is 4.79 Å². The fourth-order valence-electron chi connectivity index (χ4n) is 2.07. The van der Waals surface area contributed by atoms with Gasteiger partial charge < -0.3 is 14.8 Å². The van der Waals surface area contributed by atoms with E-state index in [1.54, 1.807) is 24.3 Å². The lowest BCUT2D eigenvalue weighted by Crippen LogP contribution is -2.40. The van der Waals surface area contributed by atoms with Crippen LogP contribution in [-0.4, -0.2) is 31.8 Å². The van der Waals surface area contributed by atoms with Gasteiger partial charge in [-0.2, -0.15) is 0 Å². The molecular weight excluding hydrogens is 278 g/mol. The molecule has 1 saturated heterocycles. The van der Waals surface area contributed by atoms with E-state index in [-0.39, 0.29) is 11.9 Å². The summed E-state index contributed by atoms with van der Waals surface area (Å²) in [5, 5.41) is 3.45. The Hall–Kier alpha value is -1.52. The van der Waals surface area contributed by atoms with E-state index in [2.05, 4.69) is 11.9 Å². The second-order valence-corrected chi connectivity index (χ2v) is 5.06. The number of hydrogen-bond donors (Lipinski definition) is 1. The molecule has 20 heavy (non-hydrogen) atoms. The number of hydrogen-bond acceptors (Lipinski definition) is 3. The smallest absolute Gasteiger partial charge is 0.255 e. The highest BCUT2D eigenvalue weighted by Gasteiger charge is 2.19. The number of nitrogens with one attached hydrogen (secondary N) is 1. The van der Waals surface area contributed by atoms with Gasteiger partial charge in [0.2, 0.25) is 0 Å². The Balaban J connectivity index is 2.10. The van der Waals surface area contributed by atoms with Crippen molar-refractivity contribution in [2.45, 2.75) is 18.9 Å². The van der Waals surface area contributed by atoms with Crippen LogP contribution in [0.3, 0.4) is 0 Å². The Labute approximate surface area is 123 Å². The van der Waals surface area contributed by atoms with E-state index >= 15 is 0 Å². The van der Waals surface area contributed by atoms with Crippen LogP contribution in [0.25, 0.3) is 0 Å². The van der Waals surface area contributed by atoms with Crippen molar-refractivity contribution in [3.05, 3.63) is 41.4 Å². The molecule has 0 spiro atoms. The molecule has 0 saturated carbocycles. The van der Waals surface area contributed by atoms with E-state index in [4.69, 9.17) is 21.1 Å². The monoisotopic (exact) mass is 295 g/mol. The van der Waals surface area contributed by atoms with Crippen molar-refractivity contribution >= 4 is 17.5 Å². The van der Waals surface area contributed by atoms with Gasteiger partial charge in [0.05, 0.1) is 18.2 Å². The zero-order valence-electron chi connectivity index (χ0n) is 11.2. The standard InChI is InChI=1S/C15H18ClNO3/c1-2-7-20-14-6-5-11(16)9-13(14)15(18)17-12-4-3-8-19-10-12/h2,5-6,9,12H,1,3-4,7-8,10H2,(H,17,18). The molecule has 5 heteroatoms. The summed E-state index contributed by atoms with van der Waals surface area (Å²) in [5.74, 6) is 0.311. The topological polar surface area (TPSA) is 47.6 Å². The summed E-state index contributed by atoms with van der Waals surface area (Å²) in [6.07, 6.45) is 3.51. The molecule has 1 fully saturated rings. The van der Waals surface area contributed by atoms with E-state index in [0.29, 0.717) is 29.5 Å². The van der Waals surface area contributed by atoms with Gasteiger partial charge >= 0.3 is 0 Å². The van der Waals surface area contributed by atoms with Crippen molar-refractivity contribution < 1.29 is 14.3 Å². The number of halogens is 1. The highest BCUT2D eigenvalue weighted by atomic mass is 35.5. The predicted molar refractivity (Wildman–Crippen MR) is 78.5 cm³/mol. The van der Waals surface area contributed by atoms with Gasteiger partial charge in [-0.05, 0) is 31.0 Å². The molecule has 1 aromatic rings. The molecule has 1 atom stereocenters. The highest BCUT2D eigenvalue weighted by Crippen LogP contribution is 2.23. The van der Waals surface area contributed by atoms with Crippen molar-refractivity contribution in [1.29, 1.82) is 0 Å². The molecule has 0 radical (unpaired) electrons. The summed E-state index contributed by atoms with van der Waals surface area (Å²) in [6.45, 7) is 5.25. The zero-order valence-corrected chi connectivity index (χ0v) is 12.0. The summed E-state index contributed by atoms with van der Waals surface area (Å²) >= 11 is 5.96. The van der Waals surface area contributed by atoms with E-state index in [1.807, 2.05) is 0 Å². The summed E-state index contributed by atoms with van der Waals surface area (Å²) < 4.78 is 10.8. The van der Waals surface area contributed by atoms with E-state index in [9.17, 15) is 4.79 Å². The average molecular weight is 296 g/mol. The molecule has 1 N–H and O–H groups in total. The Bertz CT molecular complexity index is 484. The Morgan fingerprint density at radius 2 is 2.45 bits per heavy atom. The van der Waals surface area contributed by atoms with Crippen LogP contribution in [0.5, 0.6) is 5.75 Å². The summed E-state index contributed by atoms with van der Waals surface area (Å²) in [5.41, 5.74) is 0.435. The van der Waals surface area contributed by atoms with Gasteiger partial charge in [-0.25, -0.2) is 0 Å². The lowest BCUT2D eigenvalue weighted by molar-refractivity contribution is 0.0622. The van der Waals surface area contributed by atoms with Gasteiger partial charge in [0.15, 0.2) is 0 Å². The van der Waals surface area contributed by atoms with Gasteiger partial charge in [-0.1, -0.05) is 24.3 Å². The molecule has 1 unspecified atom stereocenters. The number of carbonyl (C=O) groups excluding carboxylic acids is 1. The largest absolute Gasteiger partial charge is 0.489 e. The zero-order chi connectivity index (χ0) is 14.4. The maximum absolute atomic E-state index is 12.3.